The van der Waals surface area contributed by atoms with E-state index in [4.69, 9.17) is 23.2 Å². The summed E-state index contributed by atoms with van der Waals surface area (Å²) in [7, 11) is 0. The van der Waals surface area contributed by atoms with E-state index in [2.05, 4.69) is 10.3 Å². The summed E-state index contributed by atoms with van der Waals surface area (Å²) >= 11 is 13.2. The number of hydrogen-bond acceptors (Lipinski definition) is 3. The molecule has 0 atom stereocenters. The van der Waals surface area contributed by atoms with E-state index in [1.54, 1.807) is 24.4 Å². The standard InChI is InChI=1S/C17H10Cl2F2N2OS/c18-10-5-4-9(12(19)7-10)6-11-8-22-17(25-11)23-16(24)15-13(20)2-1-3-14(15)21/h1-5,7-8H,6H2,(H,22,23,24). The highest BCUT2D eigenvalue weighted by atomic mass is 35.5. The summed E-state index contributed by atoms with van der Waals surface area (Å²) in [5.41, 5.74) is 0.215. The van der Waals surface area contributed by atoms with E-state index in [0.717, 1.165) is 22.6 Å². The number of halogens is 4. The van der Waals surface area contributed by atoms with Crippen molar-refractivity contribution in [3.63, 3.8) is 0 Å². The number of carbonyl (C=O) groups is 1. The first-order valence-corrected chi connectivity index (χ1v) is 8.65. The number of amides is 1. The molecule has 128 valence electrons. The van der Waals surface area contributed by atoms with Crippen molar-refractivity contribution in [2.45, 2.75) is 6.42 Å². The van der Waals surface area contributed by atoms with Crippen molar-refractivity contribution in [3.05, 3.63) is 80.3 Å². The molecule has 1 aromatic heterocycles. The normalized spacial score (nSPS) is 10.7. The fourth-order valence-electron chi connectivity index (χ4n) is 2.17. The molecule has 0 saturated heterocycles. The van der Waals surface area contributed by atoms with E-state index in [0.29, 0.717) is 16.5 Å². The Morgan fingerprint density at radius 3 is 2.56 bits per heavy atom. The van der Waals surface area contributed by atoms with Gasteiger partial charge in [0.1, 0.15) is 17.2 Å². The smallest absolute Gasteiger partial charge is 0.263 e. The number of rotatable bonds is 4. The molecule has 0 saturated carbocycles. The SMILES string of the molecule is O=C(Nc1ncc(Cc2ccc(Cl)cc2Cl)s1)c1c(F)cccc1F. The first-order chi connectivity index (χ1) is 11.9. The second kappa shape index (κ2) is 7.47. The third kappa shape index (κ3) is 4.15. The van der Waals surface area contributed by atoms with Crippen LogP contribution in [-0.4, -0.2) is 10.9 Å². The maximum atomic E-state index is 13.6. The number of thiazole rings is 1. The minimum absolute atomic E-state index is 0.243. The lowest BCUT2D eigenvalue weighted by molar-refractivity contribution is 0.101. The number of nitrogens with zero attached hydrogens (tertiary/aromatic N) is 1. The first-order valence-electron chi connectivity index (χ1n) is 7.08. The lowest BCUT2D eigenvalue weighted by atomic mass is 10.1. The number of aromatic nitrogens is 1. The third-order valence-corrected chi connectivity index (χ3v) is 4.84. The fraction of sp³-hybridized carbons (Fsp3) is 0.0588. The van der Waals surface area contributed by atoms with Gasteiger partial charge in [0.25, 0.3) is 5.91 Å². The van der Waals surface area contributed by atoms with Crippen LogP contribution in [-0.2, 0) is 6.42 Å². The van der Waals surface area contributed by atoms with Crippen LogP contribution in [0, 0.1) is 11.6 Å². The Morgan fingerprint density at radius 1 is 1.16 bits per heavy atom. The van der Waals surface area contributed by atoms with Gasteiger partial charge in [-0.3, -0.25) is 10.1 Å². The van der Waals surface area contributed by atoms with Gasteiger partial charge in [0.05, 0.1) is 0 Å². The highest BCUT2D eigenvalue weighted by molar-refractivity contribution is 7.15. The molecule has 0 unspecified atom stereocenters. The van der Waals surface area contributed by atoms with E-state index < -0.39 is 23.1 Å². The average molecular weight is 399 g/mol. The maximum Gasteiger partial charge on any atom is 0.263 e. The van der Waals surface area contributed by atoms with Gasteiger partial charge in [-0.1, -0.05) is 35.3 Å². The summed E-state index contributed by atoms with van der Waals surface area (Å²) in [6.07, 6.45) is 2.07. The maximum absolute atomic E-state index is 13.6. The van der Waals surface area contributed by atoms with Gasteiger partial charge in [-0.2, -0.15) is 0 Å². The molecule has 0 aliphatic heterocycles. The molecule has 0 aliphatic rings. The van der Waals surface area contributed by atoms with Crippen molar-refractivity contribution >= 4 is 45.6 Å². The number of anilines is 1. The van der Waals surface area contributed by atoms with E-state index in [-0.39, 0.29) is 5.13 Å². The molecule has 3 rings (SSSR count). The summed E-state index contributed by atoms with van der Waals surface area (Å²) in [6, 6.07) is 8.41. The Balaban J connectivity index is 1.74. The van der Waals surface area contributed by atoms with Crippen LogP contribution in [0.15, 0.2) is 42.6 Å². The predicted molar refractivity (Wildman–Crippen MR) is 95.7 cm³/mol. The molecule has 0 spiro atoms. The van der Waals surface area contributed by atoms with Crippen LogP contribution < -0.4 is 5.32 Å². The van der Waals surface area contributed by atoms with E-state index in [9.17, 15) is 13.6 Å². The Labute approximate surface area is 156 Å². The van der Waals surface area contributed by atoms with Gasteiger partial charge < -0.3 is 0 Å². The predicted octanol–water partition coefficient (Wildman–Crippen LogP) is 5.57. The average Bonchev–Trinajstić information content (AvgIpc) is 2.97. The van der Waals surface area contributed by atoms with Crippen molar-refractivity contribution in [1.82, 2.24) is 4.98 Å². The quantitative estimate of drug-likeness (QED) is 0.623. The van der Waals surface area contributed by atoms with E-state index in [1.807, 2.05) is 0 Å². The van der Waals surface area contributed by atoms with Crippen LogP contribution in [0.5, 0.6) is 0 Å². The summed E-state index contributed by atoms with van der Waals surface area (Å²) in [4.78, 5) is 16.9. The molecule has 0 fully saturated rings. The highest BCUT2D eigenvalue weighted by Gasteiger charge is 2.18. The number of hydrogen-bond donors (Lipinski definition) is 1. The van der Waals surface area contributed by atoms with Gasteiger partial charge in [0.15, 0.2) is 5.13 Å². The molecular weight excluding hydrogens is 389 g/mol. The lowest BCUT2D eigenvalue weighted by Gasteiger charge is -2.04. The summed E-state index contributed by atoms with van der Waals surface area (Å²) in [5, 5.41) is 3.71. The molecule has 3 nitrogen and oxygen atoms in total. The van der Waals surface area contributed by atoms with Gasteiger partial charge in [-0.15, -0.1) is 11.3 Å². The topological polar surface area (TPSA) is 42.0 Å². The van der Waals surface area contributed by atoms with Gasteiger partial charge in [-0.05, 0) is 29.8 Å². The lowest BCUT2D eigenvalue weighted by Crippen LogP contribution is -2.15. The zero-order valence-corrected chi connectivity index (χ0v) is 14.9. The first kappa shape index (κ1) is 17.8. The molecule has 0 bridgehead atoms. The molecule has 2 aromatic carbocycles. The zero-order valence-electron chi connectivity index (χ0n) is 12.5. The summed E-state index contributed by atoms with van der Waals surface area (Å²) in [6.45, 7) is 0. The Morgan fingerprint density at radius 2 is 1.88 bits per heavy atom. The van der Waals surface area contributed by atoms with Crippen LogP contribution in [0.1, 0.15) is 20.8 Å². The van der Waals surface area contributed by atoms with Crippen molar-refractivity contribution in [2.75, 3.05) is 5.32 Å². The molecular formula is C17H10Cl2F2N2OS. The van der Waals surface area contributed by atoms with Crippen LogP contribution >= 0.6 is 34.5 Å². The number of benzene rings is 2. The summed E-state index contributed by atoms with van der Waals surface area (Å²) < 4.78 is 27.3. The molecule has 3 aromatic rings. The number of carbonyl (C=O) groups excluding carboxylic acids is 1. The molecule has 1 N–H and O–H groups in total. The second-order valence-corrected chi connectivity index (χ2v) is 7.05. The monoisotopic (exact) mass is 398 g/mol. The van der Waals surface area contributed by atoms with Crippen molar-refractivity contribution in [3.8, 4) is 0 Å². The Bertz CT molecular complexity index is 926. The van der Waals surface area contributed by atoms with Crippen molar-refractivity contribution < 1.29 is 13.6 Å². The largest absolute Gasteiger partial charge is 0.298 e. The zero-order chi connectivity index (χ0) is 18.0. The number of nitrogens with one attached hydrogen (secondary N) is 1. The molecule has 25 heavy (non-hydrogen) atoms. The second-order valence-electron chi connectivity index (χ2n) is 5.10. The third-order valence-electron chi connectivity index (χ3n) is 3.34. The van der Waals surface area contributed by atoms with Crippen LogP contribution in [0.3, 0.4) is 0 Å². The Kier molecular flexibility index (Phi) is 5.32. The van der Waals surface area contributed by atoms with Crippen LogP contribution in [0.4, 0.5) is 13.9 Å². The van der Waals surface area contributed by atoms with Gasteiger partial charge >= 0.3 is 0 Å². The minimum Gasteiger partial charge on any atom is -0.298 e. The molecule has 1 heterocycles. The van der Waals surface area contributed by atoms with Gasteiger partial charge in [-0.25, -0.2) is 13.8 Å². The van der Waals surface area contributed by atoms with Gasteiger partial charge in [0, 0.05) is 27.5 Å². The van der Waals surface area contributed by atoms with E-state index in [1.165, 1.54) is 17.4 Å². The highest BCUT2D eigenvalue weighted by Crippen LogP contribution is 2.27. The Hall–Kier alpha value is -2.02. The minimum atomic E-state index is -0.928. The van der Waals surface area contributed by atoms with Crippen LogP contribution in [0.25, 0.3) is 0 Å². The fourth-order valence-corrected chi connectivity index (χ4v) is 3.48. The van der Waals surface area contributed by atoms with Gasteiger partial charge in [0.2, 0.25) is 0 Å². The molecule has 1 amide bonds. The van der Waals surface area contributed by atoms with Crippen LogP contribution in [0.2, 0.25) is 10.0 Å². The summed E-state index contributed by atoms with van der Waals surface area (Å²) in [5.74, 6) is -2.74. The van der Waals surface area contributed by atoms with Crippen molar-refractivity contribution in [2.24, 2.45) is 0 Å². The molecule has 0 aliphatic carbocycles. The molecule has 8 heteroatoms. The molecule has 0 radical (unpaired) electrons. The van der Waals surface area contributed by atoms with E-state index >= 15 is 0 Å². The van der Waals surface area contributed by atoms with Crippen molar-refractivity contribution in [1.29, 1.82) is 0 Å².